The fourth-order valence-corrected chi connectivity index (χ4v) is 1.68. The van der Waals surface area contributed by atoms with Gasteiger partial charge >= 0.3 is 0 Å². The van der Waals surface area contributed by atoms with Gasteiger partial charge in [0.05, 0.1) is 12.2 Å². The maximum absolute atomic E-state index is 5.66. The molecule has 0 bridgehead atoms. The first-order chi connectivity index (χ1) is 7.49. The molecule has 1 atom stereocenters. The van der Waals surface area contributed by atoms with Crippen LogP contribution in [-0.4, -0.2) is 25.3 Å². The van der Waals surface area contributed by atoms with E-state index in [1.807, 2.05) is 0 Å². The number of hydrogen-bond acceptors (Lipinski definition) is 2. The van der Waals surface area contributed by atoms with E-state index in [4.69, 9.17) is 4.74 Å². The first-order valence-electron chi connectivity index (χ1n) is 6.84. The first-order valence-corrected chi connectivity index (χ1v) is 6.84. The van der Waals surface area contributed by atoms with Crippen molar-refractivity contribution in [1.82, 2.24) is 5.32 Å². The van der Waals surface area contributed by atoms with E-state index in [0.717, 1.165) is 25.6 Å². The molecule has 2 nitrogen and oxygen atoms in total. The Morgan fingerprint density at radius 2 is 1.88 bits per heavy atom. The summed E-state index contributed by atoms with van der Waals surface area (Å²) in [7, 11) is 0. The second kappa shape index (κ2) is 9.00. The number of unbranched alkanes of at least 4 members (excludes halogenated alkanes) is 1. The van der Waals surface area contributed by atoms with Crippen molar-refractivity contribution in [3.8, 4) is 0 Å². The Morgan fingerprint density at radius 1 is 1.19 bits per heavy atom. The summed E-state index contributed by atoms with van der Waals surface area (Å²) in [5, 5.41) is 3.49. The van der Waals surface area contributed by atoms with Crippen LogP contribution in [0.2, 0.25) is 0 Å². The van der Waals surface area contributed by atoms with Crippen LogP contribution in [0.3, 0.4) is 0 Å². The van der Waals surface area contributed by atoms with E-state index >= 15 is 0 Å². The lowest BCUT2D eigenvalue weighted by atomic mass is 9.99. The van der Waals surface area contributed by atoms with Crippen LogP contribution in [0.4, 0.5) is 0 Å². The van der Waals surface area contributed by atoms with Crippen LogP contribution >= 0.6 is 0 Å². The third-order valence-corrected chi connectivity index (χ3v) is 2.79. The minimum Gasteiger partial charge on any atom is -0.375 e. The molecule has 0 aliphatic rings. The van der Waals surface area contributed by atoms with Gasteiger partial charge in [0.1, 0.15) is 0 Å². The Labute approximate surface area is 102 Å². The summed E-state index contributed by atoms with van der Waals surface area (Å²) in [6.07, 6.45) is 5.32. The van der Waals surface area contributed by atoms with Crippen LogP contribution in [0.15, 0.2) is 0 Å². The summed E-state index contributed by atoms with van der Waals surface area (Å²) < 4.78 is 5.66. The van der Waals surface area contributed by atoms with Crippen molar-refractivity contribution in [2.45, 2.75) is 65.9 Å². The molecule has 16 heavy (non-hydrogen) atoms. The molecule has 0 aromatic rings. The molecule has 0 saturated heterocycles. The number of ether oxygens (including phenoxy) is 1. The van der Waals surface area contributed by atoms with Crippen molar-refractivity contribution < 1.29 is 4.74 Å². The molecule has 0 rings (SSSR count). The van der Waals surface area contributed by atoms with E-state index in [0.29, 0.717) is 0 Å². The van der Waals surface area contributed by atoms with Crippen molar-refractivity contribution >= 4 is 0 Å². The van der Waals surface area contributed by atoms with Crippen LogP contribution in [-0.2, 0) is 4.74 Å². The minimum atomic E-state index is -0.00590. The molecule has 1 unspecified atom stereocenters. The molecular weight excluding hydrogens is 198 g/mol. The molecule has 1 N–H and O–H groups in total. The van der Waals surface area contributed by atoms with Gasteiger partial charge in [0, 0.05) is 6.54 Å². The average molecular weight is 229 g/mol. The van der Waals surface area contributed by atoms with E-state index in [1.54, 1.807) is 0 Å². The van der Waals surface area contributed by atoms with Crippen LogP contribution in [0.1, 0.15) is 60.3 Å². The van der Waals surface area contributed by atoms with Crippen LogP contribution in [0, 0.1) is 5.92 Å². The van der Waals surface area contributed by atoms with E-state index < -0.39 is 0 Å². The van der Waals surface area contributed by atoms with Gasteiger partial charge in [-0.2, -0.15) is 0 Å². The van der Waals surface area contributed by atoms with E-state index in [-0.39, 0.29) is 5.60 Å². The molecule has 0 aromatic heterocycles. The molecule has 0 heterocycles. The lowest BCUT2D eigenvalue weighted by Gasteiger charge is -2.20. The van der Waals surface area contributed by atoms with Gasteiger partial charge in [-0.3, -0.25) is 0 Å². The fraction of sp³-hybridized carbons (Fsp3) is 1.00. The molecule has 0 aliphatic heterocycles. The van der Waals surface area contributed by atoms with Crippen molar-refractivity contribution in [3.63, 3.8) is 0 Å². The Kier molecular flexibility index (Phi) is 8.96. The first kappa shape index (κ1) is 15.9. The minimum absolute atomic E-state index is 0.00590. The molecule has 2 heteroatoms. The number of rotatable bonds is 9. The van der Waals surface area contributed by atoms with Crippen molar-refractivity contribution in [2.24, 2.45) is 5.92 Å². The van der Waals surface area contributed by atoms with Crippen molar-refractivity contribution in [1.29, 1.82) is 0 Å². The van der Waals surface area contributed by atoms with Gasteiger partial charge in [0.2, 0.25) is 0 Å². The summed E-state index contributed by atoms with van der Waals surface area (Å²) in [6.45, 7) is 13.8. The molecule has 0 aromatic carbocycles. The van der Waals surface area contributed by atoms with Crippen LogP contribution in [0.5, 0.6) is 0 Å². The van der Waals surface area contributed by atoms with Gasteiger partial charge in [-0.05, 0) is 39.7 Å². The van der Waals surface area contributed by atoms with Gasteiger partial charge < -0.3 is 10.1 Å². The zero-order chi connectivity index (χ0) is 12.4. The number of nitrogens with one attached hydrogen (secondary N) is 1. The molecule has 0 aliphatic carbocycles. The standard InChI is InChI=1S/C14H31NO/c1-6-8-9-13(7-2)12-15-10-11-16-14(3,4)5/h13,15H,6-12H2,1-5H3. The maximum Gasteiger partial charge on any atom is 0.0599 e. The summed E-state index contributed by atoms with van der Waals surface area (Å²) in [5.41, 5.74) is -0.00590. The highest BCUT2D eigenvalue weighted by molar-refractivity contribution is 4.62. The van der Waals surface area contributed by atoms with E-state index in [1.165, 1.54) is 25.7 Å². The highest BCUT2D eigenvalue weighted by Crippen LogP contribution is 2.11. The Bertz CT molecular complexity index is 151. The summed E-state index contributed by atoms with van der Waals surface area (Å²) >= 11 is 0. The van der Waals surface area contributed by atoms with Gasteiger partial charge in [0.25, 0.3) is 0 Å². The van der Waals surface area contributed by atoms with Crippen LogP contribution in [0.25, 0.3) is 0 Å². The predicted octanol–water partition coefficient (Wildman–Crippen LogP) is 3.61. The molecule has 98 valence electrons. The highest BCUT2D eigenvalue weighted by atomic mass is 16.5. The van der Waals surface area contributed by atoms with E-state index in [9.17, 15) is 0 Å². The van der Waals surface area contributed by atoms with Crippen molar-refractivity contribution in [2.75, 3.05) is 19.7 Å². The Morgan fingerprint density at radius 3 is 2.38 bits per heavy atom. The lowest BCUT2D eigenvalue weighted by molar-refractivity contribution is -0.00104. The zero-order valence-electron chi connectivity index (χ0n) is 11.9. The third-order valence-electron chi connectivity index (χ3n) is 2.79. The smallest absolute Gasteiger partial charge is 0.0599 e. The molecule has 0 spiro atoms. The quantitative estimate of drug-likeness (QED) is 0.610. The highest BCUT2D eigenvalue weighted by Gasteiger charge is 2.09. The van der Waals surface area contributed by atoms with Crippen molar-refractivity contribution in [3.05, 3.63) is 0 Å². The lowest BCUT2D eigenvalue weighted by Crippen LogP contribution is -2.29. The second-order valence-electron chi connectivity index (χ2n) is 5.58. The molecule has 0 saturated carbocycles. The number of hydrogen-bond donors (Lipinski definition) is 1. The summed E-state index contributed by atoms with van der Waals surface area (Å²) in [4.78, 5) is 0. The fourth-order valence-electron chi connectivity index (χ4n) is 1.68. The SMILES string of the molecule is CCCCC(CC)CNCCOC(C)(C)C. The Balaban J connectivity index is 3.41. The molecule has 0 amide bonds. The molecule has 0 radical (unpaired) electrons. The predicted molar refractivity (Wildman–Crippen MR) is 71.9 cm³/mol. The second-order valence-corrected chi connectivity index (χ2v) is 5.58. The van der Waals surface area contributed by atoms with Gasteiger partial charge in [0.15, 0.2) is 0 Å². The largest absolute Gasteiger partial charge is 0.375 e. The average Bonchev–Trinajstić information content (AvgIpc) is 2.20. The third kappa shape index (κ3) is 10.4. The van der Waals surface area contributed by atoms with E-state index in [2.05, 4.69) is 39.9 Å². The Hall–Kier alpha value is -0.0800. The van der Waals surface area contributed by atoms with Gasteiger partial charge in [-0.1, -0.05) is 33.1 Å². The molecule has 0 fully saturated rings. The zero-order valence-corrected chi connectivity index (χ0v) is 11.9. The summed E-state index contributed by atoms with van der Waals surface area (Å²) in [5.74, 6) is 0.842. The normalized spacial score (nSPS) is 14.1. The van der Waals surface area contributed by atoms with Gasteiger partial charge in [-0.25, -0.2) is 0 Å². The molecular formula is C14H31NO. The van der Waals surface area contributed by atoms with Gasteiger partial charge in [-0.15, -0.1) is 0 Å². The van der Waals surface area contributed by atoms with Crippen LogP contribution < -0.4 is 5.32 Å². The topological polar surface area (TPSA) is 21.3 Å². The monoisotopic (exact) mass is 229 g/mol. The summed E-state index contributed by atoms with van der Waals surface area (Å²) in [6, 6.07) is 0. The maximum atomic E-state index is 5.66.